The van der Waals surface area contributed by atoms with Crippen molar-refractivity contribution in [3.8, 4) is 5.75 Å². The summed E-state index contributed by atoms with van der Waals surface area (Å²) in [6.07, 6.45) is 3.35. The van der Waals surface area contributed by atoms with Crippen molar-refractivity contribution < 1.29 is 9.53 Å². The fourth-order valence-electron chi connectivity index (χ4n) is 2.43. The number of benzene rings is 2. The third-order valence-corrected chi connectivity index (χ3v) is 3.73. The number of hydrogen-bond acceptors (Lipinski definition) is 2. The SMILES string of the molecule is CC1CN(C(=O)/C=C/c2ccc(Cl)cc2)c2ccccc2O1. The highest BCUT2D eigenvalue weighted by molar-refractivity contribution is 6.30. The highest BCUT2D eigenvalue weighted by atomic mass is 35.5. The maximum absolute atomic E-state index is 12.5. The van der Waals surface area contributed by atoms with Crippen LogP contribution in [0.2, 0.25) is 5.02 Å². The first-order valence-electron chi connectivity index (χ1n) is 7.14. The van der Waals surface area contributed by atoms with Crippen molar-refractivity contribution in [1.29, 1.82) is 0 Å². The molecule has 0 radical (unpaired) electrons. The van der Waals surface area contributed by atoms with E-state index < -0.39 is 0 Å². The minimum Gasteiger partial charge on any atom is -0.487 e. The summed E-state index contributed by atoms with van der Waals surface area (Å²) in [5.41, 5.74) is 1.75. The molecule has 1 aliphatic heterocycles. The molecule has 0 saturated carbocycles. The standard InChI is InChI=1S/C18H16ClNO2/c1-13-12-20(16-4-2-3-5-17(16)22-13)18(21)11-8-14-6-9-15(19)10-7-14/h2-11,13H,12H2,1H3/b11-8+. The number of amides is 1. The van der Waals surface area contributed by atoms with E-state index in [9.17, 15) is 4.79 Å². The molecule has 1 heterocycles. The Bertz CT molecular complexity index is 709. The van der Waals surface area contributed by atoms with Crippen molar-refractivity contribution in [2.75, 3.05) is 11.4 Å². The Balaban J connectivity index is 1.81. The first-order chi connectivity index (χ1) is 10.6. The Morgan fingerprint density at radius 1 is 1.23 bits per heavy atom. The van der Waals surface area contributed by atoms with Gasteiger partial charge in [-0.3, -0.25) is 4.79 Å². The van der Waals surface area contributed by atoms with Crippen LogP contribution in [0.5, 0.6) is 5.75 Å². The third kappa shape index (κ3) is 3.15. The van der Waals surface area contributed by atoms with Gasteiger partial charge in [-0.05, 0) is 42.8 Å². The number of anilines is 1. The summed E-state index contributed by atoms with van der Waals surface area (Å²) in [7, 11) is 0. The number of para-hydroxylation sites is 2. The Morgan fingerprint density at radius 3 is 2.73 bits per heavy atom. The van der Waals surface area contributed by atoms with Crippen LogP contribution < -0.4 is 9.64 Å². The van der Waals surface area contributed by atoms with E-state index in [1.165, 1.54) is 0 Å². The maximum Gasteiger partial charge on any atom is 0.251 e. The molecular weight excluding hydrogens is 298 g/mol. The number of halogens is 1. The summed E-state index contributed by atoms with van der Waals surface area (Å²) in [6, 6.07) is 15.0. The predicted octanol–water partition coefficient (Wildman–Crippen LogP) is 4.17. The van der Waals surface area contributed by atoms with E-state index in [0.29, 0.717) is 11.6 Å². The molecule has 2 aromatic rings. The number of carbonyl (C=O) groups is 1. The van der Waals surface area contributed by atoms with Crippen molar-refractivity contribution in [2.24, 2.45) is 0 Å². The Kier molecular flexibility index (Phi) is 4.16. The smallest absolute Gasteiger partial charge is 0.251 e. The van der Waals surface area contributed by atoms with Gasteiger partial charge in [0, 0.05) is 11.1 Å². The monoisotopic (exact) mass is 313 g/mol. The minimum atomic E-state index is -0.0578. The minimum absolute atomic E-state index is 0.0252. The molecule has 0 fully saturated rings. The van der Waals surface area contributed by atoms with Crippen molar-refractivity contribution >= 4 is 29.3 Å². The lowest BCUT2D eigenvalue weighted by Gasteiger charge is -2.32. The zero-order valence-electron chi connectivity index (χ0n) is 12.2. The first kappa shape index (κ1) is 14.7. The fourth-order valence-corrected chi connectivity index (χ4v) is 2.56. The van der Waals surface area contributed by atoms with E-state index in [1.54, 1.807) is 29.2 Å². The van der Waals surface area contributed by atoms with E-state index in [4.69, 9.17) is 16.3 Å². The number of carbonyl (C=O) groups excluding carboxylic acids is 1. The summed E-state index contributed by atoms with van der Waals surface area (Å²) in [5.74, 6) is 0.687. The van der Waals surface area contributed by atoms with Crippen LogP contribution in [0.1, 0.15) is 12.5 Å². The molecule has 112 valence electrons. The van der Waals surface area contributed by atoms with Gasteiger partial charge >= 0.3 is 0 Å². The molecule has 2 aromatic carbocycles. The number of rotatable bonds is 2. The quantitative estimate of drug-likeness (QED) is 0.779. The number of ether oxygens (including phenoxy) is 1. The van der Waals surface area contributed by atoms with Crippen molar-refractivity contribution in [2.45, 2.75) is 13.0 Å². The molecule has 0 aromatic heterocycles. The molecule has 1 aliphatic rings. The highest BCUT2D eigenvalue weighted by Gasteiger charge is 2.25. The number of nitrogens with zero attached hydrogens (tertiary/aromatic N) is 1. The molecule has 1 atom stereocenters. The molecule has 3 rings (SSSR count). The van der Waals surface area contributed by atoms with Crippen LogP contribution >= 0.6 is 11.6 Å². The van der Waals surface area contributed by atoms with Crippen LogP contribution in [0.25, 0.3) is 6.08 Å². The van der Waals surface area contributed by atoms with Gasteiger partial charge in [-0.25, -0.2) is 0 Å². The molecule has 4 heteroatoms. The average molecular weight is 314 g/mol. The molecule has 0 bridgehead atoms. The van der Waals surface area contributed by atoms with Crippen molar-refractivity contribution in [3.63, 3.8) is 0 Å². The van der Waals surface area contributed by atoms with E-state index in [-0.39, 0.29) is 12.0 Å². The van der Waals surface area contributed by atoms with Gasteiger partial charge < -0.3 is 9.64 Å². The number of fused-ring (bicyclic) bond motifs is 1. The van der Waals surface area contributed by atoms with Crippen LogP contribution in [0.4, 0.5) is 5.69 Å². The Morgan fingerprint density at radius 2 is 1.95 bits per heavy atom. The first-order valence-corrected chi connectivity index (χ1v) is 7.52. The van der Waals surface area contributed by atoms with Gasteiger partial charge in [-0.15, -0.1) is 0 Å². The largest absolute Gasteiger partial charge is 0.487 e. The zero-order valence-corrected chi connectivity index (χ0v) is 13.0. The average Bonchev–Trinajstić information content (AvgIpc) is 2.53. The highest BCUT2D eigenvalue weighted by Crippen LogP contribution is 2.33. The second-order valence-corrected chi connectivity index (χ2v) is 5.67. The second-order valence-electron chi connectivity index (χ2n) is 5.23. The van der Waals surface area contributed by atoms with Gasteiger partial charge in [0.25, 0.3) is 5.91 Å². The molecular formula is C18H16ClNO2. The number of hydrogen-bond donors (Lipinski definition) is 0. The second kappa shape index (κ2) is 6.24. The maximum atomic E-state index is 12.5. The van der Waals surface area contributed by atoms with Crippen LogP contribution in [-0.2, 0) is 4.79 Å². The van der Waals surface area contributed by atoms with Crippen LogP contribution in [-0.4, -0.2) is 18.6 Å². The molecule has 1 amide bonds. The molecule has 0 N–H and O–H groups in total. The Hall–Kier alpha value is -2.26. The van der Waals surface area contributed by atoms with Crippen LogP contribution in [0.3, 0.4) is 0 Å². The lowest BCUT2D eigenvalue weighted by Crippen LogP contribution is -2.41. The van der Waals surface area contributed by atoms with Crippen molar-refractivity contribution in [1.82, 2.24) is 0 Å². The van der Waals surface area contributed by atoms with E-state index in [0.717, 1.165) is 17.0 Å². The topological polar surface area (TPSA) is 29.5 Å². The van der Waals surface area contributed by atoms with Gasteiger partial charge in [0.15, 0.2) is 0 Å². The van der Waals surface area contributed by atoms with Gasteiger partial charge in [-0.1, -0.05) is 35.9 Å². The molecule has 1 unspecified atom stereocenters. The van der Waals surface area contributed by atoms with Gasteiger partial charge in [0.05, 0.1) is 12.2 Å². The predicted molar refractivity (Wildman–Crippen MR) is 89.4 cm³/mol. The van der Waals surface area contributed by atoms with E-state index in [1.807, 2.05) is 43.3 Å². The molecule has 22 heavy (non-hydrogen) atoms. The molecule has 3 nitrogen and oxygen atoms in total. The summed E-state index contributed by atoms with van der Waals surface area (Å²) in [4.78, 5) is 14.3. The molecule has 0 saturated heterocycles. The Labute approximate surface area is 134 Å². The summed E-state index contributed by atoms with van der Waals surface area (Å²) < 4.78 is 5.76. The van der Waals surface area contributed by atoms with Crippen LogP contribution in [0, 0.1) is 0 Å². The molecule has 0 spiro atoms. The fraction of sp³-hybridized carbons (Fsp3) is 0.167. The van der Waals surface area contributed by atoms with Gasteiger partial charge in [0.2, 0.25) is 0 Å². The summed E-state index contributed by atoms with van der Waals surface area (Å²) in [5, 5.41) is 0.680. The van der Waals surface area contributed by atoms with Gasteiger partial charge in [0.1, 0.15) is 11.9 Å². The third-order valence-electron chi connectivity index (χ3n) is 3.48. The summed E-state index contributed by atoms with van der Waals surface area (Å²) in [6.45, 7) is 2.50. The normalized spacial score (nSPS) is 17.2. The zero-order chi connectivity index (χ0) is 15.5. The lowest BCUT2D eigenvalue weighted by molar-refractivity contribution is -0.114. The van der Waals surface area contributed by atoms with Crippen LogP contribution in [0.15, 0.2) is 54.6 Å². The molecule has 0 aliphatic carbocycles. The van der Waals surface area contributed by atoms with Gasteiger partial charge in [-0.2, -0.15) is 0 Å². The summed E-state index contributed by atoms with van der Waals surface area (Å²) >= 11 is 5.86. The van der Waals surface area contributed by atoms with E-state index >= 15 is 0 Å². The van der Waals surface area contributed by atoms with Crippen molar-refractivity contribution in [3.05, 3.63) is 65.2 Å². The lowest BCUT2D eigenvalue weighted by atomic mass is 10.1. The van der Waals surface area contributed by atoms with E-state index in [2.05, 4.69) is 0 Å².